The van der Waals surface area contributed by atoms with E-state index in [0.717, 1.165) is 41.0 Å². The lowest BCUT2D eigenvalue weighted by molar-refractivity contribution is -0.120. The van der Waals surface area contributed by atoms with Gasteiger partial charge in [-0.1, -0.05) is 18.2 Å². The minimum Gasteiger partial charge on any atom is -0.353 e. The van der Waals surface area contributed by atoms with Gasteiger partial charge in [-0.3, -0.25) is 4.79 Å². The van der Waals surface area contributed by atoms with Gasteiger partial charge in [0.05, 0.1) is 17.8 Å². The van der Waals surface area contributed by atoms with E-state index in [-0.39, 0.29) is 5.91 Å². The average molecular weight is 333 g/mol. The fourth-order valence-electron chi connectivity index (χ4n) is 3.20. The van der Waals surface area contributed by atoms with Crippen LogP contribution in [0.3, 0.4) is 0 Å². The highest BCUT2D eigenvalue weighted by Gasteiger charge is 2.25. The minimum absolute atomic E-state index is 0.0795. The third-order valence-corrected chi connectivity index (χ3v) is 4.99. The van der Waals surface area contributed by atoms with Crippen LogP contribution < -0.4 is 5.32 Å². The van der Waals surface area contributed by atoms with E-state index in [2.05, 4.69) is 54.8 Å². The number of benzene rings is 1. The molecule has 1 aromatic carbocycles. The van der Waals surface area contributed by atoms with Crippen molar-refractivity contribution in [2.45, 2.75) is 46.1 Å². The lowest BCUT2D eigenvalue weighted by Gasteiger charge is -2.08. The maximum atomic E-state index is 12.4. The van der Waals surface area contributed by atoms with E-state index in [1.54, 1.807) is 0 Å². The fraction of sp³-hybridized carbons (Fsp3) is 0.333. The fourth-order valence-corrected chi connectivity index (χ4v) is 3.20. The Bertz CT molecular complexity index is 967. The lowest BCUT2D eigenvalue weighted by atomic mass is 10.0. The number of imidazole rings is 1. The molecule has 0 bridgehead atoms. The van der Waals surface area contributed by atoms with Gasteiger partial charge in [-0.05, 0) is 62.4 Å². The third-order valence-electron chi connectivity index (χ3n) is 4.99. The van der Waals surface area contributed by atoms with Crippen molar-refractivity contribution < 1.29 is 4.79 Å². The van der Waals surface area contributed by atoms with Crippen LogP contribution >= 0.6 is 0 Å². The summed E-state index contributed by atoms with van der Waals surface area (Å²) in [5.41, 5.74) is 7.46. The minimum atomic E-state index is 0.0795. The molecule has 1 aliphatic rings. The summed E-state index contributed by atoms with van der Waals surface area (Å²) in [6.45, 7) is 6.27. The van der Waals surface area contributed by atoms with Crippen molar-refractivity contribution in [1.82, 2.24) is 14.7 Å². The highest BCUT2D eigenvalue weighted by Crippen LogP contribution is 2.28. The highest BCUT2D eigenvalue weighted by atomic mass is 16.1. The summed E-state index contributed by atoms with van der Waals surface area (Å²) >= 11 is 0. The molecule has 2 aromatic heterocycles. The van der Waals surface area contributed by atoms with Crippen LogP contribution in [-0.2, 0) is 11.2 Å². The van der Waals surface area contributed by atoms with Crippen LogP contribution in [0.5, 0.6) is 0 Å². The summed E-state index contributed by atoms with van der Waals surface area (Å²) in [4.78, 5) is 17.3. The van der Waals surface area contributed by atoms with Crippen molar-refractivity contribution in [1.29, 1.82) is 0 Å². The van der Waals surface area contributed by atoms with E-state index in [9.17, 15) is 4.79 Å². The first-order chi connectivity index (χ1) is 12.0. The van der Waals surface area contributed by atoms with Crippen LogP contribution in [0.15, 0.2) is 36.5 Å². The Balaban J connectivity index is 1.83. The standard InChI is InChI=1S/C21H23N3O/c1-13-6-7-16(11-15(13)3)20-18(12-19(25)22-17-8-9-17)24-10-4-5-14(2)21(24)23-20/h4-7,10-11,17H,8-9,12H2,1-3H3,(H,22,25). The summed E-state index contributed by atoms with van der Waals surface area (Å²) < 4.78 is 2.06. The molecule has 128 valence electrons. The van der Waals surface area contributed by atoms with E-state index < -0.39 is 0 Å². The summed E-state index contributed by atoms with van der Waals surface area (Å²) in [6, 6.07) is 10.8. The molecule has 4 rings (SSSR count). The number of hydrogen-bond acceptors (Lipinski definition) is 2. The maximum absolute atomic E-state index is 12.4. The number of fused-ring (bicyclic) bond motifs is 1. The zero-order valence-corrected chi connectivity index (χ0v) is 15.0. The number of rotatable bonds is 4. The van der Waals surface area contributed by atoms with Crippen molar-refractivity contribution in [3.8, 4) is 11.3 Å². The zero-order chi connectivity index (χ0) is 17.6. The predicted octanol–water partition coefficient (Wildman–Crippen LogP) is 3.75. The van der Waals surface area contributed by atoms with Crippen LogP contribution in [0.4, 0.5) is 0 Å². The Hall–Kier alpha value is -2.62. The number of hydrogen-bond donors (Lipinski definition) is 1. The monoisotopic (exact) mass is 333 g/mol. The molecule has 1 N–H and O–H groups in total. The first-order valence-corrected chi connectivity index (χ1v) is 8.86. The number of nitrogens with one attached hydrogen (secondary N) is 1. The van der Waals surface area contributed by atoms with Gasteiger partial charge >= 0.3 is 0 Å². The topological polar surface area (TPSA) is 46.4 Å². The Morgan fingerprint density at radius 2 is 1.96 bits per heavy atom. The van der Waals surface area contributed by atoms with Crippen LogP contribution in [-0.4, -0.2) is 21.3 Å². The van der Waals surface area contributed by atoms with Crippen LogP contribution in [0.25, 0.3) is 16.9 Å². The van der Waals surface area contributed by atoms with Gasteiger partial charge in [-0.25, -0.2) is 4.98 Å². The summed E-state index contributed by atoms with van der Waals surface area (Å²) in [5.74, 6) is 0.0795. The number of nitrogens with zero attached hydrogens (tertiary/aromatic N) is 2. The quantitative estimate of drug-likeness (QED) is 0.790. The molecule has 0 radical (unpaired) electrons. The molecule has 1 aliphatic carbocycles. The summed E-state index contributed by atoms with van der Waals surface area (Å²) in [7, 11) is 0. The number of amides is 1. The molecule has 0 spiro atoms. The molecule has 0 unspecified atom stereocenters. The largest absolute Gasteiger partial charge is 0.353 e. The molecule has 0 atom stereocenters. The first-order valence-electron chi connectivity index (χ1n) is 8.86. The van der Waals surface area contributed by atoms with Crippen LogP contribution in [0.2, 0.25) is 0 Å². The molecule has 1 saturated carbocycles. The highest BCUT2D eigenvalue weighted by molar-refractivity contribution is 5.82. The SMILES string of the molecule is Cc1ccc(-c2nc3c(C)cccn3c2CC(=O)NC2CC2)cc1C. The second-order valence-electron chi connectivity index (χ2n) is 7.11. The molecule has 25 heavy (non-hydrogen) atoms. The predicted molar refractivity (Wildman–Crippen MR) is 99.7 cm³/mol. The van der Waals surface area contributed by atoms with Gasteiger partial charge in [0.2, 0.25) is 5.91 Å². The van der Waals surface area contributed by atoms with E-state index >= 15 is 0 Å². The van der Waals surface area contributed by atoms with E-state index in [1.165, 1.54) is 11.1 Å². The van der Waals surface area contributed by atoms with E-state index in [4.69, 9.17) is 4.98 Å². The molecule has 0 aliphatic heterocycles. The van der Waals surface area contributed by atoms with Crippen molar-refractivity contribution in [3.63, 3.8) is 0 Å². The Labute approximate surface area is 147 Å². The number of carbonyl (C=O) groups is 1. The molecule has 2 heterocycles. The van der Waals surface area contributed by atoms with Gasteiger partial charge < -0.3 is 9.72 Å². The molecular weight excluding hydrogens is 310 g/mol. The van der Waals surface area contributed by atoms with Crippen molar-refractivity contribution >= 4 is 11.6 Å². The summed E-state index contributed by atoms with van der Waals surface area (Å²) in [5, 5.41) is 3.09. The molecule has 0 saturated heterocycles. The average Bonchev–Trinajstić information content (AvgIpc) is 3.31. The first kappa shape index (κ1) is 15.9. The lowest BCUT2D eigenvalue weighted by Crippen LogP contribution is -2.27. The number of carbonyl (C=O) groups excluding carboxylic acids is 1. The second kappa shape index (κ2) is 6.03. The van der Waals surface area contributed by atoms with E-state index in [0.29, 0.717) is 12.5 Å². The van der Waals surface area contributed by atoms with Crippen LogP contribution in [0.1, 0.15) is 35.2 Å². The van der Waals surface area contributed by atoms with Gasteiger partial charge in [-0.2, -0.15) is 0 Å². The second-order valence-corrected chi connectivity index (χ2v) is 7.11. The Morgan fingerprint density at radius 1 is 1.16 bits per heavy atom. The number of aryl methyl sites for hydroxylation is 3. The Morgan fingerprint density at radius 3 is 2.68 bits per heavy atom. The van der Waals surface area contributed by atoms with Crippen LogP contribution in [0, 0.1) is 20.8 Å². The third kappa shape index (κ3) is 3.04. The number of aromatic nitrogens is 2. The molecule has 3 aromatic rings. The Kier molecular flexibility index (Phi) is 3.83. The van der Waals surface area contributed by atoms with Gasteiger partial charge in [0.25, 0.3) is 0 Å². The molecule has 4 nitrogen and oxygen atoms in total. The van der Waals surface area contributed by atoms with Crippen molar-refractivity contribution in [2.24, 2.45) is 0 Å². The van der Waals surface area contributed by atoms with Gasteiger partial charge in [0.1, 0.15) is 5.65 Å². The van der Waals surface area contributed by atoms with Crippen molar-refractivity contribution in [3.05, 3.63) is 58.9 Å². The van der Waals surface area contributed by atoms with Crippen molar-refractivity contribution in [2.75, 3.05) is 0 Å². The normalized spacial score (nSPS) is 14.0. The smallest absolute Gasteiger partial charge is 0.226 e. The molecular formula is C21H23N3O. The zero-order valence-electron chi connectivity index (χ0n) is 15.0. The van der Waals surface area contributed by atoms with Gasteiger partial charge in [-0.15, -0.1) is 0 Å². The number of pyridine rings is 1. The van der Waals surface area contributed by atoms with Gasteiger partial charge in [0, 0.05) is 17.8 Å². The molecule has 1 amide bonds. The summed E-state index contributed by atoms with van der Waals surface area (Å²) in [6.07, 6.45) is 4.55. The van der Waals surface area contributed by atoms with E-state index in [1.807, 2.05) is 12.3 Å². The van der Waals surface area contributed by atoms with Gasteiger partial charge in [0.15, 0.2) is 0 Å². The molecule has 1 fully saturated rings. The molecule has 4 heteroatoms. The maximum Gasteiger partial charge on any atom is 0.226 e.